The van der Waals surface area contributed by atoms with Gasteiger partial charge in [-0.3, -0.25) is 4.79 Å². The van der Waals surface area contributed by atoms with Crippen molar-refractivity contribution < 1.29 is 0 Å². The van der Waals surface area contributed by atoms with Crippen molar-refractivity contribution in [2.45, 2.75) is 33.1 Å². The summed E-state index contributed by atoms with van der Waals surface area (Å²) in [5.41, 5.74) is 0.855. The summed E-state index contributed by atoms with van der Waals surface area (Å²) in [6.07, 6.45) is 2.90. The third-order valence-corrected chi connectivity index (χ3v) is 3.50. The molecule has 0 aliphatic rings. The number of nitrogens with one attached hydrogen (secondary N) is 1. The zero-order chi connectivity index (χ0) is 10.8. The zero-order valence-corrected chi connectivity index (χ0v) is 9.78. The molecule has 2 aromatic heterocycles. The largest absolute Gasteiger partial charge is 0.309 e. The quantitative estimate of drug-likeness (QED) is 0.867. The van der Waals surface area contributed by atoms with Crippen molar-refractivity contribution in [2.75, 3.05) is 0 Å². The first kappa shape index (κ1) is 10.4. The van der Waals surface area contributed by atoms with Gasteiger partial charge in [-0.25, -0.2) is 4.98 Å². The molecule has 0 aliphatic heterocycles. The van der Waals surface area contributed by atoms with Crippen molar-refractivity contribution in [3.8, 4) is 0 Å². The minimum Gasteiger partial charge on any atom is -0.309 e. The van der Waals surface area contributed by atoms with E-state index < -0.39 is 0 Å². The maximum absolute atomic E-state index is 11.7. The summed E-state index contributed by atoms with van der Waals surface area (Å²) in [5.74, 6) is 0.772. The van der Waals surface area contributed by atoms with Gasteiger partial charge in [0.2, 0.25) is 0 Å². The van der Waals surface area contributed by atoms with Crippen LogP contribution in [0.25, 0.3) is 10.2 Å². The molecule has 15 heavy (non-hydrogen) atoms. The Morgan fingerprint density at radius 1 is 1.47 bits per heavy atom. The first-order valence-corrected chi connectivity index (χ1v) is 6.07. The summed E-state index contributed by atoms with van der Waals surface area (Å²) < 4.78 is 0.760. The molecular weight excluding hydrogens is 208 g/mol. The number of rotatable bonds is 3. The van der Waals surface area contributed by atoms with Gasteiger partial charge in [-0.15, -0.1) is 11.3 Å². The second-order valence-electron chi connectivity index (χ2n) is 3.54. The molecule has 2 heterocycles. The Morgan fingerprint density at radius 2 is 2.27 bits per heavy atom. The van der Waals surface area contributed by atoms with Crippen molar-refractivity contribution in [3.05, 3.63) is 27.1 Å². The standard InChI is InChI=1S/C11H14N2OS/c1-3-5-7-6-8-10(15-7)11(14)13-9(4-2)12-8/h6H,3-5H2,1-2H3,(H,12,13,14). The van der Waals surface area contributed by atoms with Gasteiger partial charge in [-0.2, -0.15) is 0 Å². The van der Waals surface area contributed by atoms with Crippen molar-refractivity contribution in [1.29, 1.82) is 0 Å². The summed E-state index contributed by atoms with van der Waals surface area (Å²) in [7, 11) is 0. The molecule has 0 radical (unpaired) electrons. The van der Waals surface area contributed by atoms with Crippen molar-refractivity contribution in [2.24, 2.45) is 0 Å². The third-order valence-electron chi connectivity index (χ3n) is 2.31. The van der Waals surface area contributed by atoms with Crippen LogP contribution in [0.2, 0.25) is 0 Å². The Bertz CT molecular complexity index is 527. The van der Waals surface area contributed by atoms with Crippen LogP contribution in [-0.2, 0) is 12.8 Å². The lowest BCUT2D eigenvalue weighted by Crippen LogP contribution is -2.09. The van der Waals surface area contributed by atoms with Crippen molar-refractivity contribution in [3.63, 3.8) is 0 Å². The van der Waals surface area contributed by atoms with E-state index in [-0.39, 0.29) is 5.56 Å². The minimum absolute atomic E-state index is 0.00389. The molecule has 0 bridgehead atoms. The fourth-order valence-electron chi connectivity index (χ4n) is 1.57. The molecule has 0 saturated carbocycles. The van der Waals surface area contributed by atoms with Gasteiger partial charge in [0, 0.05) is 11.3 Å². The molecule has 0 saturated heterocycles. The fraction of sp³-hybridized carbons (Fsp3) is 0.455. The van der Waals surface area contributed by atoms with Crippen LogP contribution >= 0.6 is 11.3 Å². The number of aromatic amines is 1. The van der Waals surface area contributed by atoms with Gasteiger partial charge in [0.1, 0.15) is 10.5 Å². The fourth-order valence-corrected chi connectivity index (χ4v) is 2.67. The van der Waals surface area contributed by atoms with E-state index in [0.717, 1.165) is 35.3 Å². The average Bonchev–Trinajstić information content (AvgIpc) is 2.61. The SMILES string of the molecule is CCCc1cc2nc(CC)[nH]c(=O)c2s1. The van der Waals surface area contributed by atoms with Gasteiger partial charge >= 0.3 is 0 Å². The molecule has 4 heteroatoms. The number of aryl methyl sites for hydroxylation is 2. The van der Waals surface area contributed by atoms with Crippen molar-refractivity contribution in [1.82, 2.24) is 9.97 Å². The van der Waals surface area contributed by atoms with Crippen LogP contribution in [0.15, 0.2) is 10.9 Å². The van der Waals surface area contributed by atoms with E-state index in [1.807, 2.05) is 13.0 Å². The maximum Gasteiger partial charge on any atom is 0.268 e. The number of nitrogens with zero attached hydrogens (tertiary/aromatic N) is 1. The molecule has 0 aliphatic carbocycles. The monoisotopic (exact) mass is 222 g/mol. The molecule has 0 atom stereocenters. The number of hydrogen-bond donors (Lipinski definition) is 1. The molecule has 3 nitrogen and oxygen atoms in total. The minimum atomic E-state index is 0.00389. The highest BCUT2D eigenvalue weighted by atomic mass is 32.1. The lowest BCUT2D eigenvalue weighted by molar-refractivity contribution is 0.936. The predicted molar refractivity (Wildman–Crippen MR) is 63.6 cm³/mol. The predicted octanol–water partition coefficient (Wildman–Crippen LogP) is 2.50. The molecular formula is C11H14N2OS. The Balaban J connectivity index is 2.59. The molecule has 0 aromatic carbocycles. The number of hydrogen-bond acceptors (Lipinski definition) is 3. The molecule has 0 amide bonds. The van der Waals surface area contributed by atoms with Gasteiger partial charge < -0.3 is 4.98 Å². The van der Waals surface area contributed by atoms with E-state index in [1.165, 1.54) is 4.88 Å². The van der Waals surface area contributed by atoms with E-state index >= 15 is 0 Å². The topological polar surface area (TPSA) is 45.8 Å². The van der Waals surface area contributed by atoms with E-state index in [9.17, 15) is 4.79 Å². The van der Waals surface area contributed by atoms with Crippen LogP contribution in [0.3, 0.4) is 0 Å². The van der Waals surface area contributed by atoms with Crippen LogP contribution < -0.4 is 5.56 Å². The normalized spacial score (nSPS) is 11.1. The Morgan fingerprint density at radius 3 is 2.93 bits per heavy atom. The van der Waals surface area contributed by atoms with Gasteiger partial charge in [0.25, 0.3) is 5.56 Å². The van der Waals surface area contributed by atoms with E-state index in [2.05, 4.69) is 16.9 Å². The highest BCUT2D eigenvalue weighted by molar-refractivity contribution is 7.18. The Kier molecular flexibility index (Phi) is 2.86. The van der Waals surface area contributed by atoms with E-state index in [1.54, 1.807) is 11.3 Å². The van der Waals surface area contributed by atoms with Gasteiger partial charge in [-0.05, 0) is 12.5 Å². The summed E-state index contributed by atoms with van der Waals surface area (Å²) in [4.78, 5) is 20.2. The van der Waals surface area contributed by atoms with Crippen LogP contribution in [-0.4, -0.2) is 9.97 Å². The number of H-pyrrole nitrogens is 1. The van der Waals surface area contributed by atoms with E-state index in [0.29, 0.717) is 0 Å². The van der Waals surface area contributed by atoms with Gasteiger partial charge in [-0.1, -0.05) is 20.3 Å². The molecule has 0 unspecified atom stereocenters. The lowest BCUT2D eigenvalue weighted by atomic mass is 10.3. The maximum atomic E-state index is 11.7. The zero-order valence-electron chi connectivity index (χ0n) is 8.96. The smallest absolute Gasteiger partial charge is 0.268 e. The first-order valence-electron chi connectivity index (χ1n) is 5.26. The molecule has 2 aromatic rings. The lowest BCUT2D eigenvalue weighted by Gasteiger charge is -1.94. The van der Waals surface area contributed by atoms with Gasteiger partial charge in [0.15, 0.2) is 0 Å². The summed E-state index contributed by atoms with van der Waals surface area (Å²) in [6.45, 7) is 4.13. The average molecular weight is 222 g/mol. The van der Waals surface area contributed by atoms with Gasteiger partial charge in [0.05, 0.1) is 5.52 Å². The Labute approximate surface area is 92.2 Å². The van der Waals surface area contributed by atoms with Crippen molar-refractivity contribution >= 4 is 21.6 Å². The summed E-state index contributed by atoms with van der Waals surface area (Å²) in [5, 5.41) is 0. The number of thiophene rings is 1. The van der Waals surface area contributed by atoms with E-state index in [4.69, 9.17) is 0 Å². The number of fused-ring (bicyclic) bond motifs is 1. The highest BCUT2D eigenvalue weighted by Gasteiger charge is 2.07. The number of aromatic nitrogens is 2. The molecule has 80 valence electrons. The third kappa shape index (κ3) is 1.95. The molecule has 1 N–H and O–H groups in total. The second kappa shape index (κ2) is 4.14. The molecule has 0 fully saturated rings. The summed E-state index contributed by atoms with van der Waals surface area (Å²) >= 11 is 1.56. The second-order valence-corrected chi connectivity index (χ2v) is 4.68. The molecule has 2 rings (SSSR count). The highest BCUT2D eigenvalue weighted by Crippen LogP contribution is 2.21. The Hall–Kier alpha value is -1.16. The van der Waals surface area contributed by atoms with Crippen LogP contribution in [0.1, 0.15) is 31.0 Å². The van der Waals surface area contributed by atoms with Crippen LogP contribution in [0.5, 0.6) is 0 Å². The van der Waals surface area contributed by atoms with Crippen LogP contribution in [0.4, 0.5) is 0 Å². The van der Waals surface area contributed by atoms with Crippen LogP contribution in [0, 0.1) is 0 Å². The first-order chi connectivity index (χ1) is 7.24. The molecule has 0 spiro atoms. The summed E-state index contributed by atoms with van der Waals surface area (Å²) in [6, 6.07) is 2.04.